The van der Waals surface area contributed by atoms with E-state index in [2.05, 4.69) is 0 Å². The lowest BCUT2D eigenvalue weighted by Gasteiger charge is -2.37. The number of ketones is 1. The molecule has 2 atom stereocenters. The molecule has 0 bridgehead atoms. The van der Waals surface area contributed by atoms with E-state index in [4.69, 9.17) is 32.4 Å². The van der Waals surface area contributed by atoms with E-state index in [1.807, 2.05) is 26.6 Å². The molecule has 0 N–H and O–H groups in total. The molecule has 0 aromatic carbocycles. The van der Waals surface area contributed by atoms with Crippen molar-refractivity contribution in [3.05, 3.63) is 10.6 Å². The van der Waals surface area contributed by atoms with Gasteiger partial charge in [0, 0.05) is 0 Å². The SMILES string of the molecule is CCCC1=C(Cl)C(=O)C(Cl)[C@]1(O[Si](C)(C)C)C(=O)OC. The molecule has 1 rings (SSSR count). The zero-order valence-electron chi connectivity index (χ0n) is 12.4. The van der Waals surface area contributed by atoms with Crippen molar-refractivity contribution in [2.24, 2.45) is 0 Å². The van der Waals surface area contributed by atoms with Crippen molar-refractivity contribution < 1.29 is 18.8 Å². The Morgan fingerprint density at radius 3 is 2.35 bits per heavy atom. The largest absolute Gasteiger partial charge is 0.467 e. The molecule has 0 amide bonds. The molecule has 0 aromatic rings. The van der Waals surface area contributed by atoms with Gasteiger partial charge < -0.3 is 9.16 Å². The van der Waals surface area contributed by atoms with Gasteiger partial charge in [0.05, 0.1) is 12.1 Å². The Labute approximate surface area is 130 Å². The topological polar surface area (TPSA) is 52.6 Å². The van der Waals surface area contributed by atoms with Gasteiger partial charge in [-0.3, -0.25) is 4.79 Å². The van der Waals surface area contributed by atoms with Crippen molar-refractivity contribution >= 4 is 43.3 Å². The number of carbonyl (C=O) groups is 2. The van der Waals surface area contributed by atoms with E-state index in [0.717, 1.165) is 6.42 Å². The second-order valence-corrected chi connectivity index (χ2v) is 11.0. The maximum absolute atomic E-state index is 12.3. The molecule has 4 nitrogen and oxygen atoms in total. The normalized spacial score (nSPS) is 27.1. The number of alkyl halides is 1. The summed E-state index contributed by atoms with van der Waals surface area (Å²) in [7, 11) is -0.924. The summed E-state index contributed by atoms with van der Waals surface area (Å²) in [6, 6.07) is 0. The number of allylic oxidation sites excluding steroid dienone is 1. The third kappa shape index (κ3) is 2.96. The molecule has 0 spiro atoms. The minimum absolute atomic E-state index is 0.00972. The number of halogens is 2. The lowest BCUT2D eigenvalue weighted by atomic mass is 9.92. The first-order valence-corrected chi connectivity index (χ1v) is 10.7. The van der Waals surface area contributed by atoms with Crippen molar-refractivity contribution in [1.29, 1.82) is 0 Å². The minimum Gasteiger partial charge on any atom is -0.467 e. The molecule has 20 heavy (non-hydrogen) atoms. The highest BCUT2D eigenvalue weighted by molar-refractivity contribution is 6.70. The number of hydrogen-bond acceptors (Lipinski definition) is 4. The summed E-state index contributed by atoms with van der Waals surface area (Å²) in [6.45, 7) is 7.68. The van der Waals surface area contributed by atoms with Crippen LogP contribution >= 0.6 is 23.2 Å². The second-order valence-electron chi connectivity index (χ2n) is 5.71. The van der Waals surface area contributed by atoms with Gasteiger partial charge in [-0.1, -0.05) is 24.9 Å². The molecule has 1 unspecified atom stereocenters. The smallest absolute Gasteiger partial charge is 0.343 e. The van der Waals surface area contributed by atoms with Crippen LogP contribution in [0.25, 0.3) is 0 Å². The third-order valence-corrected chi connectivity index (χ3v) is 4.83. The molecule has 1 aliphatic carbocycles. The number of Topliss-reactive ketones (excluding diaryl/α,β-unsaturated/α-hetero) is 1. The zero-order valence-corrected chi connectivity index (χ0v) is 14.9. The van der Waals surface area contributed by atoms with Crippen LogP contribution in [-0.2, 0) is 18.8 Å². The quantitative estimate of drug-likeness (QED) is 0.438. The monoisotopic (exact) mass is 338 g/mol. The first kappa shape index (κ1) is 17.7. The van der Waals surface area contributed by atoms with Crippen LogP contribution in [0.3, 0.4) is 0 Å². The highest BCUT2D eigenvalue weighted by Gasteiger charge is 2.60. The molecular weight excluding hydrogens is 319 g/mol. The van der Waals surface area contributed by atoms with Crippen molar-refractivity contribution in [2.75, 3.05) is 7.11 Å². The predicted octanol–water partition coefficient (Wildman–Crippen LogP) is 3.23. The fraction of sp³-hybridized carbons (Fsp3) is 0.692. The van der Waals surface area contributed by atoms with Crippen molar-refractivity contribution in [2.45, 2.75) is 50.4 Å². The van der Waals surface area contributed by atoms with E-state index in [1.54, 1.807) is 0 Å². The van der Waals surface area contributed by atoms with E-state index >= 15 is 0 Å². The number of methoxy groups -OCH3 is 1. The number of esters is 1. The fourth-order valence-corrected chi connectivity index (χ4v) is 4.46. The van der Waals surface area contributed by atoms with Gasteiger partial charge in [-0.25, -0.2) is 4.79 Å². The fourth-order valence-electron chi connectivity index (χ4n) is 2.32. The summed E-state index contributed by atoms with van der Waals surface area (Å²) >= 11 is 12.3. The average molecular weight is 339 g/mol. The highest BCUT2D eigenvalue weighted by Crippen LogP contribution is 2.45. The Hall–Kier alpha value is -0.363. The Kier molecular flexibility index (Phi) is 5.46. The molecule has 0 saturated carbocycles. The third-order valence-electron chi connectivity index (χ3n) is 2.97. The Morgan fingerprint density at radius 2 is 1.95 bits per heavy atom. The Balaban J connectivity index is 3.47. The molecule has 1 aliphatic rings. The molecule has 0 saturated heterocycles. The van der Waals surface area contributed by atoms with Crippen molar-refractivity contribution in [3.63, 3.8) is 0 Å². The second kappa shape index (κ2) is 6.18. The number of carbonyl (C=O) groups excluding carboxylic acids is 2. The van der Waals surface area contributed by atoms with Gasteiger partial charge >= 0.3 is 5.97 Å². The van der Waals surface area contributed by atoms with Gasteiger partial charge in [0.15, 0.2) is 14.1 Å². The standard InChI is InChI=1S/C13H20Cl2O4Si/c1-6-7-8-9(14)10(16)11(15)13(8,12(17)18-2)19-20(3,4)5/h11H,6-7H2,1-5H3/t11?,13-/m0/s1. The predicted molar refractivity (Wildman–Crippen MR) is 81.6 cm³/mol. The number of ether oxygens (including phenoxy) is 1. The summed E-state index contributed by atoms with van der Waals surface area (Å²) in [4.78, 5) is 24.5. The van der Waals surface area contributed by atoms with Gasteiger partial charge in [-0.15, -0.1) is 11.6 Å². The molecule has 0 heterocycles. The lowest BCUT2D eigenvalue weighted by molar-refractivity contribution is -0.157. The molecule has 0 aromatic heterocycles. The lowest BCUT2D eigenvalue weighted by Crippen LogP contribution is -2.55. The summed E-state index contributed by atoms with van der Waals surface area (Å²) in [5.74, 6) is -1.13. The summed E-state index contributed by atoms with van der Waals surface area (Å²) in [6.07, 6.45) is 1.18. The zero-order chi connectivity index (χ0) is 15.7. The molecular formula is C13H20Cl2O4Si. The Bertz CT molecular complexity index is 456. The van der Waals surface area contributed by atoms with E-state index in [-0.39, 0.29) is 5.03 Å². The van der Waals surface area contributed by atoms with E-state index in [0.29, 0.717) is 12.0 Å². The molecule has 0 aliphatic heterocycles. The molecule has 7 heteroatoms. The van der Waals surface area contributed by atoms with Crippen LogP contribution < -0.4 is 0 Å². The van der Waals surface area contributed by atoms with Crippen LogP contribution in [0.2, 0.25) is 19.6 Å². The van der Waals surface area contributed by atoms with E-state index < -0.39 is 31.0 Å². The van der Waals surface area contributed by atoms with E-state index in [9.17, 15) is 9.59 Å². The molecule has 0 fully saturated rings. The summed E-state index contributed by atoms with van der Waals surface area (Å²) < 4.78 is 10.9. The summed E-state index contributed by atoms with van der Waals surface area (Å²) in [5.41, 5.74) is -1.13. The van der Waals surface area contributed by atoms with Crippen LogP contribution in [0.15, 0.2) is 10.6 Å². The van der Waals surface area contributed by atoms with Crippen molar-refractivity contribution in [3.8, 4) is 0 Å². The first-order chi connectivity index (χ1) is 9.11. The van der Waals surface area contributed by atoms with Gasteiger partial charge in [0.25, 0.3) is 0 Å². The van der Waals surface area contributed by atoms with Crippen LogP contribution in [0.5, 0.6) is 0 Å². The summed E-state index contributed by atoms with van der Waals surface area (Å²) in [5, 5.41) is -1.16. The number of rotatable bonds is 5. The highest BCUT2D eigenvalue weighted by atomic mass is 35.5. The van der Waals surface area contributed by atoms with E-state index in [1.165, 1.54) is 7.11 Å². The van der Waals surface area contributed by atoms with Gasteiger partial charge in [0.1, 0.15) is 5.38 Å². The first-order valence-electron chi connectivity index (χ1n) is 6.47. The van der Waals surface area contributed by atoms with Crippen LogP contribution in [0.4, 0.5) is 0 Å². The van der Waals surface area contributed by atoms with Gasteiger partial charge in [-0.2, -0.15) is 0 Å². The van der Waals surface area contributed by atoms with Crippen LogP contribution in [-0.4, -0.2) is 38.2 Å². The van der Waals surface area contributed by atoms with Gasteiger partial charge in [-0.05, 0) is 31.6 Å². The average Bonchev–Trinajstić information content (AvgIpc) is 2.52. The van der Waals surface area contributed by atoms with Gasteiger partial charge in [0.2, 0.25) is 5.60 Å². The molecule has 0 radical (unpaired) electrons. The number of hydrogen-bond donors (Lipinski definition) is 0. The maximum Gasteiger partial charge on any atom is 0.343 e. The van der Waals surface area contributed by atoms with Crippen molar-refractivity contribution in [1.82, 2.24) is 0 Å². The minimum atomic E-state index is -2.18. The van der Waals surface area contributed by atoms with Crippen LogP contribution in [0.1, 0.15) is 19.8 Å². The Morgan fingerprint density at radius 1 is 1.40 bits per heavy atom. The van der Waals surface area contributed by atoms with Crippen LogP contribution in [0, 0.1) is 0 Å². The molecule has 114 valence electrons. The maximum atomic E-state index is 12.3.